The average Bonchev–Trinajstić information content (AvgIpc) is 2.78. The van der Waals surface area contributed by atoms with E-state index < -0.39 is 0 Å². The van der Waals surface area contributed by atoms with Crippen LogP contribution in [0.5, 0.6) is 0 Å². The predicted molar refractivity (Wildman–Crippen MR) is 74.4 cm³/mol. The Morgan fingerprint density at radius 1 is 1.31 bits per heavy atom. The Morgan fingerprint density at radius 3 is 2.56 bits per heavy atom. The summed E-state index contributed by atoms with van der Waals surface area (Å²) in [7, 11) is 0. The number of rotatable bonds is 3. The molecule has 1 aromatic heterocycles. The highest BCUT2D eigenvalue weighted by Gasteiger charge is 2.22. The third-order valence-electron chi connectivity index (χ3n) is 3.52. The molecule has 0 bridgehead atoms. The Kier molecular flexibility index (Phi) is 5.81. The van der Waals surface area contributed by atoms with Gasteiger partial charge < -0.3 is 5.73 Å². The van der Waals surface area contributed by atoms with Gasteiger partial charge in [-0.2, -0.15) is 0 Å². The Bertz CT molecular complexity index is 305. The second-order valence-corrected chi connectivity index (χ2v) is 5.78. The number of thiophene rings is 1. The van der Waals surface area contributed by atoms with Crippen molar-refractivity contribution in [1.82, 2.24) is 0 Å². The summed E-state index contributed by atoms with van der Waals surface area (Å²) in [6.45, 7) is 2.21. The van der Waals surface area contributed by atoms with Crippen molar-refractivity contribution in [2.45, 2.75) is 51.5 Å². The van der Waals surface area contributed by atoms with E-state index in [1.54, 1.807) is 0 Å². The molecule has 3 heteroatoms. The van der Waals surface area contributed by atoms with E-state index in [0.29, 0.717) is 6.04 Å². The van der Waals surface area contributed by atoms with E-state index in [1.165, 1.54) is 41.9 Å². The fourth-order valence-corrected chi connectivity index (χ4v) is 3.54. The molecule has 1 nitrogen and oxygen atoms in total. The molecule has 1 aliphatic rings. The fourth-order valence-electron chi connectivity index (χ4n) is 2.49. The summed E-state index contributed by atoms with van der Waals surface area (Å²) >= 11 is 1.91. The topological polar surface area (TPSA) is 26.0 Å². The van der Waals surface area contributed by atoms with Gasteiger partial charge >= 0.3 is 0 Å². The van der Waals surface area contributed by atoms with E-state index >= 15 is 0 Å². The fraction of sp³-hybridized carbons (Fsp3) is 0.692. The first-order valence-corrected chi connectivity index (χ1v) is 6.97. The molecule has 1 aliphatic carbocycles. The van der Waals surface area contributed by atoms with Crippen LogP contribution in [0.15, 0.2) is 12.1 Å². The van der Waals surface area contributed by atoms with Gasteiger partial charge in [-0.05, 0) is 37.3 Å². The lowest BCUT2D eigenvalue weighted by molar-refractivity contribution is 0.311. The van der Waals surface area contributed by atoms with Crippen LogP contribution in [0.4, 0.5) is 0 Å². The molecule has 0 saturated heterocycles. The minimum Gasteiger partial charge on any atom is -0.323 e. The molecule has 16 heavy (non-hydrogen) atoms. The van der Waals surface area contributed by atoms with Crippen LogP contribution in [0.2, 0.25) is 0 Å². The maximum absolute atomic E-state index is 6.35. The van der Waals surface area contributed by atoms with Crippen LogP contribution in [-0.4, -0.2) is 0 Å². The van der Waals surface area contributed by atoms with Crippen molar-refractivity contribution in [1.29, 1.82) is 0 Å². The quantitative estimate of drug-likeness (QED) is 0.860. The first kappa shape index (κ1) is 14.0. The van der Waals surface area contributed by atoms with E-state index in [1.807, 2.05) is 11.3 Å². The highest BCUT2D eigenvalue weighted by Crippen LogP contribution is 2.35. The van der Waals surface area contributed by atoms with Gasteiger partial charge in [-0.15, -0.1) is 23.7 Å². The molecule has 0 amide bonds. The van der Waals surface area contributed by atoms with Gasteiger partial charge in [0.05, 0.1) is 0 Å². The number of hydrogen-bond donors (Lipinski definition) is 1. The largest absolute Gasteiger partial charge is 0.323 e. The van der Waals surface area contributed by atoms with Crippen LogP contribution < -0.4 is 5.73 Å². The van der Waals surface area contributed by atoms with Crippen LogP contribution in [-0.2, 0) is 6.42 Å². The second-order valence-electron chi connectivity index (χ2n) is 4.58. The number of aryl methyl sites for hydroxylation is 1. The van der Waals surface area contributed by atoms with Gasteiger partial charge in [0.25, 0.3) is 0 Å². The maximum Gasteiger partial charge on any atom is 0.0418 e. The summed E-state index contributed by atoms with van der Waals surface area (Å²) in [5.74, 6) is 0.738. The molecule has 0 aliphatic heterocycles. The lowest BCUT2D eigenvalue weighted by Gasteiger charge is -2.26. The maximum atomic E-state index is 6.35. The van der Waals surface area contributed by atoms with Gasteiger partial charge in [0.15, 0.2) is 0 Å². The highest BCUT2D eigenvalue weighted by molar-refractivity contribution is 7.12. The summed E-state index contributed by atoms with van der Waals surface area (Å²) in [5, 5.41) is 0. The zero-order valence-corrected chi connectivity index (χ0v) is 11.6. The molecule has 2 N–H and O–H groups in total. The third-order valence-corrected chi connectivity index (χ3v) is 4.85. The second kappa shape index (κ2) is 6.63. The van der Waals surface area contributed by atoms with Crippen LogP contribution in [0.25, 0.3) is 0 Å². The van der Waals surface area contributed by atoms with Gasteiger partial charge in [-0.1, -0.05) is 26.2 Å². The monoisotopic (exact) mass is 259 g/mol. The Labute approximate surface area is 109 Å². The molecule has 0 unspecified atom stereocenters. The number of halogens is 1. The normalized spacial score (nSPS) is 19.1. The lowest BCUT2D eigenvalue weighted by Crippen LogP contribution is -2.22. The number of hydrogen-bond acceptors (Lipinski definition) is 2. The molecular weight excluding hydrogens is 238 g/mol. The summed E-state index contributed by atoms with van der Waals surface area (Å²) < 4.78 is 0. The van der Waals surface area contributed by atoms with E-state index in [9.17, 15) is 0 Å². The van der Waals surface area contributed by atoms with Crippen molar-refractivity contribution < 1.29 is 0 Å². The molecule has 2 rings (SSSR count). The zero-order valence-electron chi connectivity index (χ0n) is 9.95. The van der Waals surface area contributed by atoms with Crippen LogP contribution in [0.1, 0.15) is 54.8 Å². The highest BCUT2D eigenvalue weighted by atomic mass is 35.5. The summed E-state index contributed by atoms with van der Waals surface area (Å²) in [5.41, 5.74) is 6.35. The van der Waals surface area contributed by atoms with E-state index in [0.717, 1.165) is 12.3 Å². The van der Waals surface area contributed by atoms with Crippen LogP contribution in [0, 0.1) is 5.92 Å². The van der Waals surface area contributed by atoms with E-state index in [-0.39, 0.29) is 12.4 Å². The minimum atomic E-state index is 0. The van der Waals surface area contributed by atoms with Crippen molar-refractivity contribution in [2.75, 3.05) is 0 Å². The molecule has 0 radical (unpaired) electrons. The average molecular weight is 260 g/mol. The van der Waals surface area contributed by atoms with Gasteiger partial charge in [0.1, 0.15) is 0 Å². The lowest BCUT2D eigenvalue weighted by atomic mass is 9.84. The summed E-state index contributed by atoms with van der Waals surface area (Å²) in [6, 6.07) is 4.78. The van der Waals surface area contributed by atoms with Crippen molar-refractivity contribution in [2.24, 2.45) is 11.7 Å². The zero-order chi connectivity index (χ0) is 10.7. The Morgan fingerprint density at radius 2 is 2.00 bits per heavy atom. The van der Waals surface area contributed by atoms with Crippen molar-refractivity contribution in [3.63, 3.8) is 0 Å². The molecule has 1 saturated carbocycles. The van der Waals surface area contributed by atoms with Crippen LogP contribution >= 0.6 is 23.7 Å². The Hall–Kier alpha value is -0.0500. The van der Waals surface area contributed by atoms with E-state index in [2.05, 4.69) is 19.1 Å². The minimum absolute atomic E-state index is 0. The molecule has 1 heterocycles. The molecule has 1 atom stereocenters. The van der Waals surface area contributed by atoms with Gasteiger partial charge in [-0.3, -0.25) is 0 Å². The molecular formula is C13H22ClNS. The Balaban J connectivity index is 0.00000128. The van der Waals surface area contributed by atoms with E-state index in [4.69, 9.17) is 5.73 Å². The molecule has 0 spiro atoms. The third kappa shape index (κ3) is 3.22. The number of nitrogens with two attached hydrogens (primary N) is 1. The molecule has 0 aromatic carbocycles. The smallest absolute Gasteiger partial charge is 0.0418 e. The first-order valence-electron chi connectivity index (χ1n) is 6.15. The summed E-state index contributed by atoms with van der Waals surface area (Å²) in [4.78, 5) is 2.87. The van der Waals surface area contributed by atoms with Gasteiger partial charge in [0, 0.05) is 15.8 Å². The SMILES string of the molecule is CCc1ccc([C@H](N)C2CCCCC2)s1.Cl. The molecule has 92 valence electrons. The van der Waals surface area contributed by atoms with Crippen molar-refractivity contribution >= 4 is 23.7 Å². The molecule has 1 fully saturated rings. The molecule has 1 aromatic rings. The van der Waals surface area contributed by atoms with Gasteiger partial charge in [-0.25, -0.2) is 0 Å². The van der Waals surface area contributed by atoms with Crippen molar-refractivity contribution in [3.05, 3.63) is 21.9 Å². The van der Waals surface area contributed by atoms with Gasteiger partial charge in [0.2, 0.25) is 0 Å². The van der Waals surface area contributed by atoms with Crippen molar-refractivity contribution in [3.8, 4) is 0 Å². The summed E-state index contributed by atoms with van der Waals surface area (Å²) in [6.07, 6.45) is 7.98. The first-order chi connectivity index (χ1) is 7.31. The predicted octanol–water partition coefficient (Wildman–Crippen LogP) is 4.31. The van der Waals surface area contributed by atoms with Crippen LogP contribution in [0.3, 0.4) is 0 Å². The standard InChI is InChI=1S/C13H21NS.ClH/c1-2-11-8-9-12(15-11)13(14)10-6-4-3-5-7-10;/h8-10,13H,2-7,14H2,1H3;1H/t13-;/m1./s1.